The van der Waals surface area contributed by atoms with Crippen LogP contribution < -0.4 is 5.46 Å². The highest BCUT2D eigenvalue weighted by Gasteiger charge is 2.51. The zero-order valence-corrected chi connectivity index (χ0v) is 18.0. The van der Waals surface area contributed by atoms with E-state index in [1.165, 1.54) is 0 Å². The van der Waals surface area contributed by atoms with E-state index in [0.29, 0.717) is 13.0 Å². The summed E-state index contributed by atoms with van der Waals surface area (Å²) in [7, 11) is -0.435. The van der Waals surface area contributed by atoms with Crippen LogP contribution in [0.25, 0.3) is 0 Å². The topological polar surface area (TPSA) is 68.2 Å². The minimum Gasteiger partial charge on any atom is -0.444 e. The Balaban J connectivity index is 1.70. The van der Waals surface area contributed by atoms with Gasteiger partial charge in [-0.05, 0) is 65.9 Å². The van der Waals surface area contributed by atoms with Crippen LogP contribution in [0.15, 0.2) is 24.3 Å². The van der Waals surface area contributed by atoms with Gasteiger partial charge in [-0.2, -0.15) is 0 Å². The van der Waals surface area contributed by atoms with Gasteiger partial charge < -0.3 is 24.1 Å². The summed E-state index contributed by atoms with van der Waals surface area (Å²) in [5.41, 5.74) is -0.734. The predicted molar refractivity (Wildman–Crippen MR) is 108 cm³/mol. The van der Waals surface area contributed by atoms with Crippen molar-refractivity contribution < 1.29 is 23.9 Å². The summed E-state index contributed by atoms with van der Waals surface area (Å²) in [5.74, 6) is 0. The summed E-state index contributed by atoms with van der Waals surface area (Å²) >= 11 is 0. The van der Waals surface area contributed by atoms with Gasteiger partial charge in [0.25, 0.3) is 0 Å². The minimum absolute atomic E-state index is 0.220. The quantitative estimate of drug-likeness (QED) is 0.788. The highest BCUT2D eigenvalue weighted by atomic mass is 16.7. The number of β-amino-alcohol motifs (C(OH)–C–C–N with tert-alkyl or cyclic N) is 1. The van der Waals surface area contributed by atoms with Crippen molar-refractivity contribution in [2.75, 3.05) is 13.1 Å². The Bertz CT molecular complexity index is 724. The van der Waals surface area contributed by atoms with Crippen molar-refractivity contribution >= 4 is 18.7 Å². The Morgan fingerprint density at radius 3 is 2.14 bits per heavy atom. The summed E-state index contributed by atoms with van der Waals surface area (Å²) < 4.78 is 17.6. The Hall–Kier alpha value is -1.57. The van der Waals surface area contributed by atoms with E-state index in [9.17, 15) is 9.90 Å². The van der Waals surface area contributed by atoms with Crippen LogP contribution in [-0.2, 0) is 19.6 Å². The smallest absolute Gasteiger partial charge is 0.444 e. The molecule has 1 atom stereocenters. The average molecular weight is 389 g/mol. The summed E-state index contributed by atoms with van der Waals surface area (Å²) in [6, 6.07) is 7.62. The molecule has 0 aromatic heterocycles. The lowest BCUT2D eigenvalue weighted by molar-refractivity contribution is 0.00578. The molecule has 1 aromatic rings. The van der Waals surface area contributed by atoms with Gasteiger partial charge in [-0.25, -0.2) is 4.79 Å². The third-order valence-electron chi connectivity index (χ3n) is 5.87. The van der Waals surface area contributed by atoms with Crippen LogP contribution in [0.4, 0.5) is 4.79 Å². The highest BCUT2D eigenvalue weighted by molar-refractivity contribution is 6.62. The van der Waals surface area contributed by atoms with E-state index in [1.54, 1.807) is 4.90 Å². The van der Waals surface area contributed by atoms with Crippen LogP contribution in [0.1, 0.15) is 60.5 Å². The molecule has 7 heteroatoms. The van der Waals surface area contributed by atoms with E-state index >= 15 is 0 Å². The largest absolute Gasteiger partial charge is 0.494 e. The molecule has 0 saturated carbocycles. The predicted octanol–water partition coefficient (Wildman–Crippen LogP) is 2.81. The third kappa shape index (κ3) is 4.07. The van der Waals surface area contributed by atoms with E-state index in [2.05, 4.69) is 0 Å². The molecular formula is C21H32BNO5. The average Bonchev–Trinajstić information content (AvgIpc) is 3.05. The fourth-order valence-electron chi connectivity index (χ4n) is 3.44. The Kier molecular flexibility index (Phi) is 5.10. The first kappa shape index (κ1) is 21.2. The molecule has 1 aromatic carbocycles. The van der Waals surface area contributed by atoms with Gasteiger partial charge in [-0.15, -0.1) is 0 Å². The first-order chi connectivity index (χ1) is 12.7. The van der Waals surface area contributed by atoms with Crippen molar-refractivity contribution in [3.05, 3.63) is 29.8 Å². The minimum atomic E-state index is -1.08. The summed E-state index contributed by atoms with van der Waals surface area (Å²) in [6.45, 7) is 14.3. The molecule has 0 spiro atoms. The normalized spacial score (nSPS) is 26.6. The molecule has 0 aliphatic carbocycles. The Morgan fingerprint density at radius 2 is 1.64 bits per heavy atom. The fourth-order valence-corrected chi connectivity index (χ4v) is 3.44. The molecule has 0 radical (unpaired) electrons. The van der Waals surface area contributed by atoms with Crippen LogP contribution in [-0.4, -0.2) is 53.1 Å². The van der Waals surface area contributed by atoms with Crippen LogP contribution >= 0.6 is 0 Å². The first-order valence-electron chi connectivity index (χ1n) is 9.89. The maximum absolute atomic E-state index is 12.3. The summed E-state index contributed by atoms with van der Waals surface area (Å²) in [6.07, 6.45) is 0.0829. The Labute approximate surface area is 168 Å². The van der Waals surface area contributed by atoms with Gasteiger partial charge in [0.05, 0.1) is 17.7 Å². The molecule has 2 aliphatic rings. The SMILES string of the molecule is CC(C)(C)OC(=O)N1CCC(O)(c2ccc(B3OC(C)(C)C(C)(C)O3)cc2)C1. The molecule has 3 rings (SSSR count). The highest BCUT2D eigenvalue weighted by Crippen LogP contribution is 2.37. The number of likely N-dealkylation sites (tertiary alicyclic amines) is 1. The molecule has 1 N–H and O–H groups in total. The monoisotopic (exact) mass is 389 g/mol. The van der Waals surface area contributed by atoms with Gasteiger partial charge in [0.1, 0.15) is 11.2 Å². The lowest BCUT2D eigenvalue weighted by atomic mass is 9.78. The van der Waals surface area contributed by atoms with E-state index in [4.69, 9.17) is 14.0 Å². The number of rotatable bonds is 2. The maximum Gasteiger partial charge on any atom is 0.494 e. The van der Waals surface area contributed by atoms with Gasteiger partial charge in [0.2, 0.25) is 0 Å². The second kappa shape index (κ2) is 6.75. The van der Waals surface area contributed by atoms with E-state index < -0.39 is 35.6 Å². The van der Waals surface area contributed by atoms with Gasteiger partial charge in [-0.1, -0.05) is 24.3 Å². The van der Waals surface area contributed by atoms with Crippen molar-refractivity contribution in [3.8, 4) is 0 Å². The van der Waals surface area contributed by atoms with Crippen LogP contribution in [0.2, 0.25) is 0 Å². The van der Waals surface area contributed by atoms with Crippen molar-refractivity contribution in [2.45, 2.75) is 77.3 Å². The molecule has 2 heterocycles. The molecule has 1 unspecified atom stereocenters. The molecule has 0 bridgehead atoms. The summed E-state index contributed by atoms with van der Waals surface area (Å²) in [4.78, 5) is 13.9. The molecular weight excluding hydrogens is 357 g/mol. The van der Waals surface area contributed by atoms with Crippen molar-refractivity contribution in [3.63, 3.8) is 0 Å². The lowest BCUT2D eigenvalue weighted by Crippen LogP contribution is -2.41. The number of nitrogens with zero attached hydrogens (tertiary/aromatic N) is 1. The van der Waals surface area contributed by atoms with Crippen molar-refractivity contribution in [2.24, 2.45) is 0 Å². The number of hydrogen-bond acceptors (Lipinski definition) is 5. The molecule has 2 saturated heterocycles. The first-order valence-corrected chi connectivity index (χ1v) is 9.89. The third-order valence-corrected chi connectivity index (χ3v) is 5.87. The molecule has 6 nitrogen and oxygen atoms in total. The van der Waals surface area contributed by atoms with Gasteiger partial charge in [0, 0.05) is 6.54 Å². The van der Waals surface area contributed by atoms with Crippen LogP contribution in [0, 0.1) is 0 Å². The second-order valence-electron chi connectivity index (χ2n) is 9.89. The van der Waals surface area contributed by atoms with Crippen molar-refractivity contribution in [1.82, 2.24) is 4.90 Å². The van der Waals surface area contributed by atoms with Gasteiger partial charge >= 0.3 is 13.2 Å². The molecule has 154 valence electrons. The zero-order valence-electron chi connectivity index (χ0n) is 18.0. The molecule has 2 aliphatic heterocycles. The number of carbonyl (C=O) groups excluding carboxylic acids is 1. The Morgan fingerprint density at radius 1 is 1.11 bits per heavy atom. The molecule has 1 amide bonds. The zero-order chi connectivity index (χ0) is 21.0. The van der Waals surface area contributed by atoms with E-state index in [0.717, 1.165) is 11.0 Å². The number of hydrogen-bond donors (Lipinski definition) is 1. The maximum atomic E-state index is 12.3. The van der Waals surface area contributed by atoms with Gasteiger partial charge in [0.15, 0.2) is 0 Å². The van der Waals surface area contributed by atoms with Crippen molar-refractivity contribution in [1.29, 1.82) is 0 Å². The molecule has 28 heavy (non-hydrogen) atoms. The lowest BCUT2D eigenvalue weighted by Gasteiger charge is -2.32. The van der Waals surface area contributed by atoms with E-state index in [-0.39, 0.29) is 6.54 Å². The molecule has 2 fully saturated rings. The number of benzene rings is 1. The summed E-state index contributed by atoms with van der Waals surface area (Å²) in [5, 5.41) is 11.1. The van der Waals surface area contributed by atoms with E-state index in [1.807, 2.05) is 72.7 Å². The number of carbonyl (C=O) groups is 1. The van der Waals surface area contributed by atoms with Crippen LogP contribution in [0.3, 0.4) is 0 Å². The van der Waals surface area contributed by atoms with Gasteiger partial charge in [-0.3, -0.25) is 0 Å². The second-order valence-corrected chi connectivity index (χ2v) is 9.89. The number of ether oxygens (including phenoxy) is 1. The number of amides is 1. The number of aliphatic hydroxyl groups is 1. The fraction of sp³-hybridized carbons (Fsp3) is 0.667. The van der Waals surface area contributed by atoms with Crippen LogP contribution in [0.5, 0.6) is 0 Å². The standard InChI is InChI=1S/C21H32BNO5/c1-18(2,3)26-17(24)23-13-12-21(25,14-23)15-8-10-16(11-9-15)22-27-19(4,5)20(6,7)28-22/h8-11,25H,12-14H2,1-7H3.